The molecule has 0 amide bonds. The SMILES string of the molecule is CC(C)(C)OC(=O)C(N)C1(CO)CCCC1. The Hall–Kier alpha value is -0.610. The summed E-state index contributed by atoms with van der Waals surface area (Å²) in [6.07, 6.45) is 3.67. The van der Waals surface area contributed by atoms with Crippen molar-refractivity contribution in [3.63, 3.8) is 0 Å². The van der Waals surface area contributed by atoms with Gasteiger partial charge in [0.2, 0.25) is 0 Å². The maximum atomic E-state index is 11.9. The number of aliphatic hydroxyl groups excluding tert-OH is 1. The second-order valence-corrected chi connectivity index (χ2v) is 5.74. The van der Waals surface area contributed by atoms with Crippen molar-refractivity contribution in [1.82, 2.24) is 0 Å². The third-order valence-corrected chi connectivity index (χ3v) is 3.23. The third kappa shape index (κ3) is 2.95. The predicted octanol–water partition coefficient (Wildman–Crippen LogP) is 1.21. The van der Waals surface area contributed by atoms with Gasteiger partial charge in [0.05, 0.1) is 6.61 Å². The molecule has 16 heavy (non-hydrogen) atoms. The number of aliphatic hydroxyl groups is 1. The van der Waals surface area contributed by atoms with E-state index >= 15 is 0 Å². The van der Waals surface area contributed by atoms with Gasteiger partial charge in [0, 0.05) is 5.41 Å². The first-order valence-electron chi connectivity index (χ1n) is 5.90. The van der Waals surface area contributed by atoms with Gasteiger partial charge >= 0.3 is 5.97 Å². The summed E-state index contributed by atoms with van der Waals surface area (Å²) in [4.78, 5) is 11.9. The highest BCUT2D eigenvalue weighted by atomic mass is 16.6. The topological polar surface area (TPSA) is 72.5 Å². The molecule has 1 saturated carbocycles. The molecule has 1 unspecified atom stereocenters. The maximum Gasteiger partial charge on any atom is 0.324 e. The van der Waals surface area contributed by atoms with Crippen LogP contribution in [0.3, 0.4) is 0 Å². The Bertz CT molecular complexity index is 251. The highest BCUT2D eigenvalue weighted by Gasteiger charge is 2.44. The van der Waals surface area contributed by atoms with E-state index in [1.54, 1.807) is 0 Å². The van der Waals surface area contributed by atoms with E-state index in [9.17, 15) is 9.90 Å². The van der Waals surface area contributed by atoms with E-state index in [1.165, 1.54) is 0 Å². The average molecular weight is 229 g/mol. The summed E-state index contributed by atoms with van der Waals surface area (Å²) in [7, 11) is 0. The Morgan fingerprint density at radius 3 is 2.31 bits per heavy atom. The molecule has 1 fully saturated rings. The molecule has 0 aliphatic heterocycles. The quantitative estimate of drug-likeness (QED) is 0.713. The molecular formula is C12H23NO3. The Morgan fingerprint density at radius 1 is 1.44 bits per heavy atom. The number of hydrogen-bond acceptors (Lipinski definition) is 4. The lowest BCUT2D eigenvalue weighted by Gasteiger charge is -2.33. The number of carbonyl (C=O) groups excluding carboxylic acids is 1. The van der Waals surface area contributed by atoms with Gasteiger partial charge in [-0.3, -0.25) is 4.79 Å². The van der Waals surface area contributed by atoms with Gasteiger partial charge < -0.3 is 15.6 Å². The van der Waals surface area contributed by atoms with Gasteiger partial charge in [-0.1, -0.05) is 12.8 Å². The monoisotopic (exact) mass is 229 g/mol. The van der Waals surface area contributed by atoms with E-state index in [4.69, 9.17) is 10.5 Å². The van der Waals surface area contributed by atoms with Crippen LogP contribution in [0.4, 0.5) is 0 Å². The molecule has 4 nitrogen and oxygen atoms in total. The van der Waals surface area contributed by atoms with E-state index in [0.29, 0.717) is 0 Å². The first-order valence-corrected chi connectivity index (χ1v) is 5.90. The molecular weight excluding hydrogens is 206 g/mol. The van der Waals surface area contributed by atoms with Crippen molar-refractivity contribution in [3.8, 4) is 0 Å². The highest BCUT2D eigenvalue weighted by molar-refractivity contribution is 5.77. The summed E-state index contributed by atoms with van der Waals surface area (Å²) in [6, 6.07) is -0.709. The van der Waals surface area contributed by atoms with Crippen molar-refractivity contribution in [3.05, 3.63) is 0 Å². The van der Waals surface area contributed by atoms with E-state index in [-0.39, 0.29) is 6.61 Å². The smallest absolute Gasteiger partial charge is 0.324 e. The molecule has 0 spiro atoms. The largest absolute Gasteiger partial charge is 0.459 e. The van der Waals surface area contributed by atoms with Crippen molar-refractivity contribution in [2.75, 3.05) is 6.61 Å². The predicted molar refractivity (Wildman–Crippen MR) is 61.8 cm³/mol. The second-order valence-electron chi connectivity index (χ2n) is 5.74. The van der Waals surface area contributed by atoms with Crippen LogP contribution in [-0.2, 0) is 9.53 Å². The fourth-order valence-corrected chi connectivity index (χ4v) is 2.26. The van der Waals surface area contributed by atoms with Gasteiger partial charge in [-0.25, -0.2) is 0 Å². The highest BCUT2D eigenvalue weighted by Crippen LogP contribution is 2.40. The van der Waals surface area contributed by atoms with Crippen LogP contribution in [0.5, 0.6) is 0 Å². The zero-order chi connectivity index (χ0) is 12.4. The lowest BCUT2D eigenvalue weighted by atomic mass is 9.79. The molecule has 1 aliphatic carbocycles. The summed E-state index contributed by atoms with van der Waals surface area (Å²) in [5, 5.41) is 9.45. The minimum absolute atomic E-state index is 0.0343. The van der Waals surface area contributed by atoms with E-state index in [2.05, 4.69) is 0 Å². The van der Waals surface area contributed by atoms with Crippen LogP contribution in [-0.4, -0.2) is 29.3 Å². The number of hydrogen-bond donors (Lipinski definition) is 2. The number of ether oxygens (including phenoxy) is 1. The molecule has 1 atom stereocenters. The fourth-order valence-electron chi connectivity index (χ4n) is 2.26. The van der Waals surface area contributed by atoms with Crippen LogP contribution in [0.2, 0.25) is 0 Å². The van der Waals surface area contributed by atoms with Crippen molar-refractivity contribution < 1.29 is 14.6 Å². The molecule has 4 heteroatoms. The lowest BCUT2D eigenvalue weighted by Crippen LogP contribution is -2.50. The van der Waals surface area contributed by atoms with E-state index < -0.39 is 23.0 Å². The number of nitrogens with two attached hydrogens (primary N) is 1. The van der Waals surface area contributed by atoms with Crippen molar-refractivity contribution in [2.24, 2.45) is 11.1 Å². The molecule has 1 aliphatic rings. The van der Waals surface area contributed by atoms with E-state index in [0.717, 1.165) is 25.7 Å². The first-order chi connectivity index (χ1) is 7.31. The fraction of sp³-hybridized carbons (Fsp3) is 0.917. The Balaban J connectivity index is 2.68. The second kappa shape index (κ2) is 4.72. The number of esters is 1. The minimum atomic E-state index is -0.709. The lowest BCUT2D eigenvalue weighted by molar-refractivity contribution is -0.161. The molecule has 3 N–H and O–H groups in total. The molecule has 0 radical (unpaired) electrons. The summed E-state index contributed by atoms with van der Waals surface area (Å²) in [6.45, 7) is 5.42. The Kier molecular flexibility index (Phi) is 3.97. The van der Waals surface area contributed by atoms with Crippen molar-refractivity contribution in [2.45, 2.75) is 58.1 Å². The van der Waals surface area contributed by atoms with Gasteiger partial charge in [-0.2, -0.15) is 0 Å². The van der Waals surface area contributed by atoms with Crippen LogP contribution in [0.15, 0.2) is 0 Å². The molecule has 0 saturated heterocycles. The van der Waals surface area contributed by atoms with Gasteiger partial charge in [-0.05, 0) is 33.6 Å². The normalized spacial score (nSPS) is 21.8. The van der Waals surface area contributed by atoms with Gasteiger partial charge in [0.1, 0.15) is 11.6 Å². The average Bonchev–Trinajstić information content (AvgIpc) is 2.63. The van der Waals surface area contributed by atoms with Crippen LogP contribution >= 0.6 is 0 Å². The molecule has 1 rings (SSSR count). The van der Waals surface area contributed by atoms with Gasteiger partial charge in [-0.15, -0.1) is 0 Å². The summed E-state index contributed by atoms with van der Waals surface area (Å²) < 4.78 is 5.26. The van der Waals surface area contributed by atoms with Crippen LogP contribution < -0.4 is 5.73 Å². The number of rotatable bonds is 3. The zero-order valence-electron chi connectivity index (χ0n) is 10.5. The van der Waals surface area contributed by atoms with Gasteiger partial charge in [0.15, 0.2) is 0 Å². The maximum absolute atomic E-state index is 11.9. The molecule has 0 aromatic heterocycles. The van der Waals surface area contributed by atoms with Crippen molar-refractivity contribution in [1.29, 1.82) is 0 Å². The summed E-state index contributed by atoms with van der Waals surface area (Å²) >= 11 is 0. The zero-order valence-corrected chi connectivity index (χ0v) is 10.5. The Labute approximate surface area is 97.2 Å². The minimum Gasteiger partial charge on any atom is -0.459 e. The summed E-state index contributed by atoms with van der Waals surface area (Å²) in [5.41, 5.74) is 4.96. The van der Waals surface area contributed by atoms with Crippen LogP contribution in [0, 0.1) is 5.41 Å². The molecule has 0 bridgehead atoms. The molecule has 0 heterocycles. The Morgan fingerprint density at radius 2 is 1.94 bits per heavy atom. The first kappa shape index (κ1) is 13.5. The van der Waals surface area contributed by atoms with E-state index in [1.807, 2.05) is 20.8 Å². The molecule has 94 valence electrons. The third-order valence-electron chi connectivity index (χ3n) is 3.23. The molecule has 0 aromatic rings. The molecule has 0 aromatic carbocycles. The summed E-state index contributed by atoms with van der Waals surface area (Å²) in [5.74, 6) is -0.400. The van der Waals surface area contributed by atoms with Crippen LogP contribution in [0.1, 0.15) is 46.5 Å². The van der Waals surface area contributed by atoms with Gasteiger partial charge in [0.25, 0.3) is 0 Å². The van der Waals surface area contributed by atoms with Crippen molar-refractivity contribution >= 4 is 5.97 Å². The number of carbonyl (C=O) groups is 1. The standard InChI is InChI=1S/C12H23NO3/c1-11(2,3)16-10(15)9(13)12(8-14)6-4-5-7-12/h9,14H,4-8,13H2,1-3H3. The van der Waals surface area contributed by atoms with Crippen LogP contribution in [0.25, 0.3) is 0 Å².